The minimum Gasteiger partial charge on any atom is -0.390 e. The Bertz CT molecular complexity index is 339. The van der Waals surface area contributed by atoms with Crippen molar-refractivity contribution in [3.63, 3.8) is 0 Å². The van der Waals surface area contributed by atoms with E-state index in [2.05, 4.69) is 0 Å². The third-order valence-electron chi connectivity index (χ3n) is 1.80. The lowest BCUT2D eigenvalue weighted by Crippen LogP contribution is -2.16. The maximum atomic E-state index is 13.0. The third-order valence-corrected chi connectivity index (χ3v) is 1.80. The first kappa shape index (κ1) is 11.0. The van der Waals surface area contributed by atoms with Crippen molar-refractivity contribution in [1.29, 1.82) is 0 Å². The van der Waals surface area contributed by atoms with Gasteiger partial charge in [-0.25, -0.2) is 13.2 Å². The van der Waals surface area contributed by atoms with Crippen molar-refractivity contribution < 1.29 is 23.4 Å². The summed E-state index contributed by atoms with van der Waals surface area (Å²) in [6, 6.07) is 1.02. The number of hydrogen-bond acceptors (Lipinski definition) is 2. The topological polar surface area (TPSA) is 40.5 Å². The van der Waals surface area contributed by atoms with E-state index >= 15 is 0 Å². The summed E-state index contributed by atoms with van der Waals surface area (Å²) in [5.74, 6) is -3.74. The lowest BCUT2D eigenvalue weighted by atomic mass is 10.0. The molecule has 0 aliphatic heterocycles. The maximum Gasteiger partial charge on any atom is 0.164 e. The molecule has 0 radical (unpaired) electrons. The summed E-state index contributed by atoms with van der Waals surface area (Å²) in [6.07, 6.45) is -2.94. The van der Waals surface area contributed by atoms with Gasteiger partial charge in [0.25, 0.3) is 0 Å². The zero-order valence-electron chi connectivity index (χ0n) is 7.34. The zero-order chi connectivity index (χ0) is 10.9. The molecule has 0 fully saturated rings. The van der Waals surface area contributed by atoms with E-state index in [1.54, 1.807) is 0 Å². The van der Waals surface area contributed by atoms with Crippen molar-refractivity contribution in [3.05, 3.63) is 35.1 Å². The third kappa shape index (κ3) is 2.05. The quantitative estimate of drug-likeness (QED) is 0.720. The van der Waals surface area contributed by atoms with E-state index < -0.39 is 35.2 Å². The highest BCUT2D eigenvalue weighted by molar-refractivity contribution is 5.23. The molecule has 1 rings (SSSR count). The molecule has 0 amide bonds. The van der Waals surface area contributed by atoms with Crippen LogP contribution in [0.1, 0.15) is 18.6 Å². The fourth-order valence-corrected chi connectivity index (χ4v) is 1.05. The molecule has 1 aromatic carbocycles. The Morgan fingerprint density at radius 1 is 1.14 bits per heavy atom. The Labute approximate surface area is 78.6 Å². The Kier molecular flexibility index (Phi) is 3.13. The van der Waals surface area contributed by atoms with Crippen LogP contribution in [0, 0.1) is 17.5 Å². The van der Waals surface area contributed by atoms with Crippen LogP contribution in [-0.4, -0.2) is 16.3 Å². The predicted octanol–water partition coefficient (Wildman–Crippen LogP) is 1.52. The molecule has 0 aliphatic rings. The first-order valence-corrected chi connectivity index (χ1v) is 3.94. The van der Waals surface area contributed by atoms with Crippen LogP contribution in [0.15, 0.2) is 12.1 Å². The van der Waals surface area contributed by atoms with Crippen LogP contribution in [0.25, 0.3) is 0 Å². The van der Waals surface area contributed by atoms with Crippen molar-refractivity contribution in [3.8, 4) is 0 Å². The molecule has 2 atom stereocenters. The van der Waals surface area contributed by atoms with Crippen LogP contribution in [0.4, 0.5) is 13.2 Å². The van der Waals surface area contributed by atoms with Gasteiger partial charge in [0, 0.05) is 11.6 Å². The fraction of sp³-hybridized carbons (Fsp3) is 0.333. The molecule has 0 aromatic heterocycles. The normalized spacial score (nSPS) is 15.3. The van der Waals surface area contributed by atoms with Gasteiger partial charge < -0.3 is 10.2 Å². The van der Waals surface area contributed by atoms with Crippen molar-refractivity contribution in [1.82, 2.24) is 0 Å². The summed E-state index contributed by atoms with van der Waals surface area (Å²) in [5.41, 5.74) is -0.586. The van der Waals surface area contributed by atoms with Crippen molar-refractivity contribution in [2.75, 3.05) is 0 Å². The van der Waals surface area contributed by atoms with Gasteiger partial charge in [0.2, 0.25) is 0 Å². The van der Waals surface area contributed by atoms with Gasteiger partial charge in [0.05, 0.1) is 6.10 Å². The molecule has 2 nitrogen and oxygen atoms in total. The molecular weight excluding hydrogens is 197 g/mol. The molecule has 0 aliphatic carbocycles. The van der Waals surface area contributed by atoms with E-state index in [9.17, 15) is 18.3 Å². The molecule has 0 saturated heterocycles. The lowest BCUT2D eigenvalue weighted by molar-refractivity contribution is 0.0277. The summed E-state index contributed by atoms with van der Waals surface area (Å²) in [5, 5.41) is 18.1. The molecule has 2 N–H and O–H groups in total. The Morgan fingerprint density at radius 3 is 2.21 bits per heavy atom. The monoisotopic (exact) mass is 206 g/mol. The number of benzene rings is 1. The predicted molar refractivity (Wildman–Crippen MR) is 43.0 cm³/mol. The molecule has 5 heteroatoms. The average molecular weight is 206 g/mol. The van der Waals surface area contributed by atoms with E-state index in [0.29, 0.717) is 12.1 Å². The van der Waals surface area contributed by atoms with Crippen LogP contribution in [-0.2, 0) is 0 Å². The number of hydrogen-bond donors (Lipinski definition) is 2. The zero-order valence-corrected chi connectivity index (χ0v) is 7.34. The summed E-state index contributed by atoms with van der Waals surface area (Å²) in [4.78, 5) is 0. The van der Waals surface area contributed by atoms with E-state index in [-0.39, 0.29) is 0 Å². The summed E-state index contributed by atoms with van der Waals surface area (Å²) in [7, 11) is 0. The van der Waals surface area contributed by atoms with Crippen LogP contribution >= 0.6 is 0 Å². The number of aliphatic hydroxyl groups excluding tert-OH is 2. The first-order valence-electron chi connectivity index (χ1n) is 3.94. The van der Waals surface area contributed by atoms with Crippen molar-refractivity contribution >= 4 is 0 Å². The van der Waals surface area contributed by atoms with Crippen molar-refractivity contribution in [2.24, 2.45) is 0 Å². The minimum atomic E-state index is -1.64. The van der Waals surface area contributed by atoms with Gasteiger partial charge in [-0.1, -0.05) is 0 Å². The SMILES string of the molecule is CC(O)C(O)c1cc(F)cc(F)c1F. The highest BCUT2D eigenvalue weighted by atomic mass is 19.2. The van der Waals surface area contributed by atoms with Crippen LogP contribution in [0.3, 0.4) is 0 Å². The van der Waals surface area contributed by atoms with Gasteiger partial charge in [-0.2, -0.15) is 0 Å². The molecule has 1 aromatic rings. The molecule has 0 heterocycles. The van der Waals surface area contributed by atoms with Crippen LogP contribution in [0.5, 0.6) is 0 Å². The van der Waals surface area contributed by atoms with Gasteiger partial charge >= 0.3 is 0 Å². The number of rotatable bonds is 2. The molecule has 0 saturated carbocycles. The summed E-state index contributed by atoms with van der Waals surface area (Å²) < 4.78 is 38.3. The number of halogens is 3. The number of aliphatic hydroxyl groups is 2. The van der Waals surface area contributed by atoms with Crippen LogP contribution < -0.4 is 0 Å². The highest BCUT2D eigenvalue weighted by Gasteiger charge is 2.21. The molecule has 78 valence electrons. The van der Waals surface area contributed by atoms with E-state index in [0.717, 1.165) is 0 Å². The van der Waals surface area contributed by atoms with Gasteiger partial charge in [0.1, 0.15) is 11.9 Å². The second kappa shape index (κ2) is 3.98. The molecule has 14 heavy (non-hydrogen) atoms. The van der Waals surface area contributed by atoms with E-state index in [1.807, 2.05) is 0 Å². The highest BCUT2D eigenvalue weighted by Crippen LogP contribution is 2.23. The van der Waals surface area contributed by atoms with Crippen LogP contribution in [0.2, 0.25) is 0 Å². The Morgan fingerprint density at radius 2 is 1.71 bits per heavy atom. The summed E-state index contributed by atoms with van der Waals surface area (Å²) >= 11 is 0. The summed E-state index contributed by atoms with van der Waals surface area (Å²) in [6.45, 7) is 1.19. The smallest absolute Gasteiger partial charge is 0.164 e. The van der Waals surface area contributed by atoms with E-state index in [4.69, 9.17) is 5.11 Å². The molecule has 0 spiro atoms. The lowest BCUT2D eigenvalue weighted by Gasteiger charge is -2.14. The maximum absolute atomic E-state index is 13.0. The fourth-order valence-electron chi connectivity index (χ4n) is 1.05. The molecule has 2 unspecified atom stereocenters. The largest absolute Gasteiger partial charge is 0.390 e. The first-order chi connectivity index (χ1) is 6.43. The second-order valence-electron chi connectivity index (χ2n) is 2.98. The van der Waals surface area contributed by atoms with Gasteiger partial charge in [-0.15, -0.1) is 0 Å². The van der Waals surface area contributed by atoms with Gasteiger partial charge in [-0.05, 0) is 13.0 Å². The molecule has 0 bridgehead atoms. The Hall–Kier alpha value is -1.07. The standard InChI is InChI=1S/C9H9F3O2/c1-4(13)9(14)6-2-5(10)3-7(11)8(6)12/h2-4,9,13-14H,1H3. The Balaban J connectivity index is 3.20. The van der Waals surface area contributed by atoms with Crippen molar-refractivity contribution in [2.45, 2.75) is 19.1 Å². The second-order valence-corrected chi connectivity index (χ2v) is 2.98. The average Bonchev–Trinajstić information content (AvgIpc) is 2.09. The minimum absolute atomic E-state index is 0.369. The van der Waals surface area contributed by atoms with E-state index in [1.165, 1.54) is 6.92 Å². The molecular formula is C9H9F3O2. The van der Waals surface area contributed by atoms with Gasteiger partial charge in [0.15, 0.2) is 11.6 Å². The van der Waals surface area contributed by atoms with Gasteiger partial charge in [-0.3, -0.25) is 0 Å².